The molecule has 0 atom stereocenters. The Bertz CT molecular complexity index is 668. The Hall–Kier alpha value is -1.60. The highest BCUT2D eigenvalue weighted by molar-refractivity contribution is 8.01. The van der Waals surface area contributed by atoms with Crippen LogP contribution in [0.4, 0.5) is 11.4 Å². The Morgan fingerprint density at radius 2 is 2.30 bits per heavy atom. The van der Waals surface area contributed by atoms with Gasteiger partial charge in [-0.05, 0) is 35.6 Å². The van der Waals surface area contributed by atoms with E-state index in [4.69, 9.17) is 5.73 Å². The molecule has 1 aromatic carbocycles. The van der Waals surface area contributed by atoms with E-state index in [1.165, 1.54) is 23.3 Å². The van der Waals surface area contributed by atoms with Gasteiger partial charge in [0.15, 0.2) is 4.34 Å². The zero-order valence-corrected chi connectivity index (χ0v) is 12.6. The lowest BCUT2D eigenvalue weighted by atomic mass is 10.0. The highest BCUT2D eigenvalue weighted by atomic mass is 32.2. The second kappa shape index (κ2) is 5.41. The lowest BCUT2D eigenvalue weighted by molar-refractivity contribution is -0.116. The molecule has 1 aliphatic rings. The molecular formula is C13H14N4OS2. The van der Waals surface area contributed by atoms with Gasteiger partial charge in [0, 0.05) is 29.1 Å². The minimum atomic E-state index is 0.0578. The van der Waals surface area contributed by atoms with Crippen molar-refractivity contribution in [3.05, 3.63) is 23.5 Å². The molecule has 2 aromatic rings. The van der Waals surface area contributed by atoms with E-state index in [0.717, 1.165) is 44.8 Å². The maximum Gasteiger partial charge on any atom is 0.224 e. The van der Waals surface area contributed by atoms with E-state index in [9.17, 15) is 4.79 Å². The van der Waals surface area contributed by atoms with Gasteiger partial charge in [-0.1, -0.05) is 18.7 Å². The number of anilines is 2. The summed E-state index contributed by atoms with van der Waals surface area (Å²) in [4.78, 5) is 16.8. The molecule has 1 aromatic heterocycles. The third-order valence-corrected chi connectivity index (χ3v) is 4.96. The molecule has 0 spiro atoms. The maximum absolute atomic E-state index is 11.5. The average Bonchev–Trinajstić information content (AvgIpc) is 2.88. The number of carbonyl (C=O) groups is 1. The fraction of sp³-hybridized carbons (Fsp3) is 0.308. The molecule has 1 amide bonds. The predicted molar refractivity (Wildman–Crippen MR) is 81.2 cm³/mol. The SMILES string of the molecule is CCc1nsc(Sc2cc3c(cc2N)CCC(=O)N3)n1. The van der Waals surface area contributed by atoms with Crippen LogP contribution in [0.2, 0.25) is 0 Å². The molecule has 7 heteroatoms. The van der Waals surface area contributed by atoms with Gasteiger partial charge < -0.3 is 11.1 Å². The Kier molecular flexibility index (Phi) is 3.62. The standard InChI is InChI=1S/C13H14N4OS2/c1-2-11-16-13(20-17-11)19-10-6-9-7(5-8(10)14)3-4-12(18)15-9/h5-6H,2-4,14H2,1H3,(H,15,18). The molecule has 0 radical (unpaired) electrons. The summed E-state index contributed by atoms with van der Waals surface area (Å²) in [5, 5.41) is 2.89. The van der Waals surface area contributed by atoms with Crippen molar-refractivity contribution in [2.75, 3.05) is 11.1 Å². The van der Waals surface area contributed by atoms with E-state index >= 15 is 0 Å². The molecule has 3 N–H and O–H groups in total. The first-order valence-corrected chi connectivity index (χ1v) is 7.97. The third kappa shape index (κ3) is 2.64. The zero-order chi connectivity index (χ0) is 14.1. The number of hydrogen-bond donors (Lipinski definition) is 2. The minimum absolute atomic E-state index is 0.0578. The quantitative estimate of drug-likeness (QED) is 0.852. The van der Waals surface area contributed by atoms with E-state index < -0.39 is 0 Å². The van der Waals surface area contributed by atoms with Crippen molar-refractivity contribution in [2.45, 2.75) is 35.4 Å². The second-order valence-corrected chi connectivity index (χ2v) is 6.57. The summed E-state index contributed by atoms with van der Waals surface area (Å²) < 4.78 is 5.13. The smallest absolute Gasteiger partial charge is 0.224 e. The van der Waals surface area contributed by atoms with Gasteiger partial charge >= 0.3 is 0 Å². The van der Waals surface area contributed by atoms with Gasteiger partial charge in [-0.25, -0.2) is 4.98 Å². The van der Waals surface area contributed by atoms with Crippen LogP contribution < -0.4 is 11.1 Å². The number of nitrogen functional groups attached to an aromatic ring is 1. The summed E-state index contributed by atoms with van der Waals surface area (Å²) in [5.41, 5.74) is 8.76. The van der Waals surface area contributed by atoms with E-state index in [-0.39, 0.29) is 5.91 Å². The topological polar surface area (TPSA) is 80.9 Å². The zero-order valence-electron chi connectivity index (χ0n) is 11.0. The molecule has 1 aliphatic heterocycles. The van der Waals surface area contributed by atoms with E-state index in [1.54, 1.807) is 0 Å². The first-order valence-electron chi connectivity index (χ1n) is 6.38. The molecule has 5 nitrogen and oxygen atoms in total. The van der Waals surface area contributed by atoms with Crippen molar-refractivity contribution in [2.24, 2.45) is 0 Å². The number of fused-ring (bicyclic) bond motifs is 1. The van der Waals surface area contributed by atoms with Crippen LogP contribution in [0.25, 0.3) is 0 Å². The van der Waals surface area contributed by atoms with Crippen LogP contribution in [-0.4, -0.2) is 15.3 Å². The van der Waals surface area contributed by atoms with Crippen molar-refractivity contribution in [3.63, 3.8) is 0 Å². The van der Waals surface area contributed by atoms with E-state index in [0.29, 0.717) is 6.42 Å². The highest BCUT2D eigenvalue weighted by Gasteiger charge is 2.17. The van der Waals surface area contributed by atoms with Crippen LogP contribution >= 0.6 is 23.3 Å². The third-order valence-electron chi connectivity index (χ3n) is 3.09. The first-order chi connectivity index (χ1) is 9.65. The monoisotopic (exact) mass is 306 g/mol. The fourth-order valence-corrected chi connectivity index (χ4v) is 3.76. The maximum atomic E-state index is 11.5. The number of aromatic nitrogens is 2. The Balaban J connectivity index is 1.89. The Morgan fingerprint density at radius 1 is 1.45 bits per heavy atom. The van der Waals surface area contributed by atoms with Crippen molar-refractivity contribution < 1.29 is 4.79 Å². The summed E-state index contributed by atoms with van der Waals surface area (Å²) >= 11 is 2.87. The van der Waals surface area contributed by atoms with Crippen LogP contribution in [0.3, 0.4) is 0 Å². The fourth-order valence-electron chi connectivity index (χ4n) is 2.03. The molecule has 3 rings (SSSR count). The van der Waals surface area contributed by atoms with Crippen molar-refractivity contribution in [1.82, 2.24) is 9.36 Å². The van der Waals surface area contributed by atoms with Crippen molar-refractivity contribution >= 4 is 40.6 Å². The summed E-state index contributed by atoms with van der Waals surface area (Å²) in [7, 11) is 0. The Morgan fingerprint density at radius 3 is 3.05 bits per heavy atom. The van der Waals surface area contributed by atoms with Crippen molar-refractivity contribution in [3.8, 4) is 0 Å². The van der Waals surface area contributed by atoms with Gasteiger partial charge in [0.05, 0.1) is 0 Å². The number of rotatable bonds is 3. The average molecular weight is 306 g/mol. The molecular weight excluding hydrogens is 292 g/mol. The lowest BCUT2D eigenvalue weighted by Crippen LogP contribution is -2.19. The van der Waals surface area contributed by atoms with E-state index in [1.807, 2.05) is 19.1 Å². The molecule has 0 aliphatic carbocycles. The van der Waals surface area contributed by atoms with Gasteiger partial charge in [0.1, 0.15) is 5.82 Å². The summed E-state index contributed by atoms with van der Waals surface area (Å²) in [6, 6.07) is 3.87. The predicted octanol–water partition coefficient (Wildman–Crippen LogP) is 2.72. The summed E-state index contributed by atoms with van der Waals surface area (Å²) in [6.07, 6.45) is 2.09. The lowest BCUT2D eigenvalue weighted by Gasteiger charge is -2.18. The Labute approximate surface area is 125 Å². The molecule has 104 valence electrons. The number of nitrogens with two attached hydrogens (primary N) is 1. The minimum Gasteiger partial charge on any atom is -0.398 e. The number of amides is 1. The van der Waals surface area contributed by atoms with Crippen molar-refractivity contribution in [1.29, 1.82) is 0 Å². The summed E-state index contributed by atoms with van der Waals surface area (Å²) in [6.45, 7) is 2.03. The number of hydrogen-bond acceptors (Lipinski definition) is 6. The van der Waals surface area contributed by atoms with Crippen LogP contribution in [0, 0.1) is 0 Å². The number of carbonyl (C=O) groups excluding carboxylic acids is 1. The van der Waals surface area contributed by atoms with Crippen LogP contribution in [-0.2, 0) is 17.6 Å². The molecule has 0 unspecified atom stereocenters. The number of nitrogens with zero attached hydrogens (tertiary/aromatic N) is 2. The first kappa shape index (κ1) is 13.4. The molecule has 0 saturated heterocycles. The van der Waals surface area contributed by atoms with Gasteiger partial charge in [-0.2, -0.15) is 4.37 Å². The van der Waals surface area contributed by atoms with Crippen LogP contribution in [0.1, 0.15) is 24.7 Å². The van der Waals surface area contributed by atoms with E-state index in [2.05, 4.69) is 14.7 Å². The van der Waals surface area contributed by atoms with Crippen LogP contribution in [0.15, 0.2) is 21.4 Å². The molecule has 2 heterocycles. The highest BCUT2D eigenvalue weighted by Crippen LogP contribution is 2.37. The molecule has 0 fully saturated rings. The van der Waals surface area contributed by atoms with Gasteiger partial charge in [-0.15, -0.1) is 0 Å². The molecule has 20 heavy (non-hydrogen) atoms. The number of nitrogens with one attached hydrogen (secondary N) is 1. The molecule has 0 saturated carbocycles. The second-order valence-electron chi connectivity index (χ2n) is 4.53. The van der Waals surface area contributed by atoms with Crippen LogP contribution in [0.5, 0.6) is 0 Å². The number of aryl methyl sites for hydroxylation is 2. The van der Waals surface area contributed by atoms with Gasteiger partial charge in [0.2, 0.25) is 5.91 Å². The normalized spacial score (nSPS) is 13.9. The van der Waals surface area contributed by atoms with Gasteiger partial charge in [-0.3, -0.25) is 4.79 Å². The summed E-state index contributed by atoms with van der Waals surface area (Å²) in [5.74, 6) is 0.907. The molecule has 0 bridgehead atoms. The number of benzene rings is 1. The van der Waals surface area contributed by atoms with Gasteiger partial charge in [0.25, 0.3) is 0 Å². The largest absolute Gasteiger partial charge is 0.398 e.